The molecule has 0 radical (unpaired) electrons. The summed E-state index contributed by atoms with van der Waals surface area (Å²) < 4.78 is 0.840. The predicted octanol–water partition coefficient (Wildman–Crippen LogP) is 5.39. The van der Waals surface area contributed by atoms with Gasteiger partial charge in [-0.1, -0.05) is 26.8 Å². The van der Waals surface area contributed by atoms with Crippen LogP contribution in [0.1, 0.15) is 57.1 Å². The zero-order valence-electron chi connectivity index (χ0n) is 12.3. The highest BCUT2D eigenvalue weighted by Gasteiger charge is 2.61. The highest BCUT2D eigenvalue weighted by molar-refractivity contribution is 9.10. The number of hydrogen-bond acceptors (Lipinski definition) is 1. The number of benzene rings is 1. The minimum absolute atomic E-state index is 0.322. The van der Waals surface area contributed by atoms with Gasteiger partial charge in [0.05, 0.1) is 4.47 Å². The fraction of sp³-hybridized carbons (Fsp3) is 0.647. The second kappa shape index (κ2) is 4.00. The Morgan fingerprint density at radius 2 is 1.95 bits per heavy atom. The fourth-order valence-electron chi connectivity index (χ4n) is 4.70. The standard InChI is InChI=1S/C17H23BrO/c1-10-7-12(15(19)14(18)8-10)13-9-11-5-6-17(13,4)16(11,2)3/h7-8,11,13,19H,5-6,9H2,1-4H3. The molecule has 19 heavy (non-hydrogen) atoms. The van der Waals surface area contributed by atoms with E-state index in [1.54, 1.807) is 0 Å². The lowest BCUT2D eigenvalue weighted by molar-refractivity contribution is 0.133. The molecule has 2 saturated carbocycles. The Bertz CT molecular complexity index is 534. The van der Waals surface area contributed by atoms with Gasteiger partial charge < -0.3 is 5.11 Å². The number of fused-ring (bicyclic) bond motifs is 2. The first-order valence-electron chi connectivity index (χ1n) is 7.26. The summed E-state index contributed by atoms with van der Waals surface area (Å²) in [5, 5.41) is 10.4. The lowest BCUT2D eigenvalue weighted by Crippen LogP contribution is -2.31. The topological polar surface area (TPSA) is 20.2 Å². The van der Waals surface area contributed by atoms with E-state index in [1.807, 2.05) is 6.07 Å². The van der Waals surface area contributed by atoms with E-state index in [0.29, 0.717) is 22.5 Å². The van der Waals surface area contributed by atoms with Crippen LogP contribution < -0.4 is 0 Å². The summed E-state index contributed by atoms with van der Waals surface area (Å²) in [4.78, 5) is 0. The highest BCUT2D eigenvalue weighted by Crippen LogP contribution is 2.71. The molecular formula is C17H23BrO. The molecule has 3 atom stereocenters. The summed E-state index contributed by atoms with van der Waals surface area (Å²) in [6.45, 7) is 9.38. The Morgan fingerprint density at radius 3 is 2.47 bits per heavy atom. The van der Waals surface area contributed by atoms with Gasteiger partial charge >= 0.3 is 0 Å². The van der Waals surface area contributed by atoms with Crippen molar-refractivity contribution in [2.75, 3.05) is 0 Å². The smallest absolute Gasteiger partial charge is 0.133 e. The van der Waals surface area contributed by atoms with Crippen molar-refractivity contribution in [3.8, 4) is 5.75 Å². The van der Waals surface area contributed by atoms with E-state index >= 15 is 0 Å². The van der Waals surface area contributed by atoms with Crippen molar-refractivity contribution in [2.24, 2.45) is 16.7 Å². The molecule has 2 aliphatic rings. The zero-order chi connectivity index (χ0) is 14.0. The monoisotopic (exact) mass is 322 g/mol. The lowest BCUT2D eigenvalue weighted by Gasteiger charge is -2.40. The number of rotatable bonds is 1. The van der Waals surface area contributed by atoms with Crippen LogP contribution in [-0.4, -0.2) is 5.11 Å². The maximum absolute atomic E-state index is 10.4. The summed E-state index contributed by atoms with van der Waals surface area (Å²) in [6, 6.07) is 4.19. The summed E-state index contributed by atoms with van der Waals surface area (Å²) in [7, 11) is 0. The second-order valence-corrected chi connectivity index (χ2v) is 8.20. The number of phenolic OH excluding ortho intramolecular Hbond substituents is 1. The maximum atomic E-state index is 10.4. The lowest BCUT2D eigenvalue weighted by atomic mass is 9.65. The Morgan fingerprint density at radius 1 is 1.26 bits per heavy atom. The van der Waals surface area contributed by atoms with Gasteiger partial charge in [-0.3, -0.25) is 0 Å². The predicted molar refractivity (Wildman–Crippen MR) is 82.5 cm³/mol. The molecule has 1 aromatic carbocycles. The fourth-order valence-corrected chi connectivity index (χ4v) is 5.29. The molecule has 1 N–H and O–H groups in total. The molecule has 104 valence electrons. The first kappa shape index (κ1) is 13.5. The zero-order valence-corrected chi connectivity index (χ0v) is 13.8. The summed E-state index contributed by atoms with van der Waals surface area (Å²) in [5.41, 5.74) is 3.09. The van der Waals surface area contributed by atoms with Crippen molar-refractivity contribution < 1.29 is 5.11 Å². The third kappa shape index (κ3) is 1.65. The molecule has 2 fully saturated rings. The molecule has 0 heterocycles. The molecule has 0 aromatic heterocycles. The van der Waals surface area contributed by atoms with Crippen molar-refractivity contribution in [3.63, 3.8) is 0 Å². The Hall–Kier alpha value is -0.500. The van der Waals surface area contributed by atoms with Crippen LogP contribution in [0.25, 0.3) is 0 Å². The minimum Gasteiger partial charge on any atom is -0.506 e. The molecule has 0 saturated heterocycles. The summed E-state index contributed by atoms with van der Waals surface area (Å²) in [6.07, 6.45) is 3.88. The average Bonchev–Trinajstić information content (AvgIpc) is 2.66. The number of hydrogen-bond donors (Lipinski definition) is 1. The highest BCUT2D eigenvalue weighted by atomic mass is 79.9. The Kier molecular flexibility index (Phi) is 2.84. The van der Waals surface area contributed by atoms with E-state index in [4.69, 9.17) is 0 Å². The van der Waals surface area contributed by atoms with Gasteiger partial charge in [0, 0.05) is 0 Å². The van der Waals surface area contributed by atoms with Gasteiger partial charge in [0.25, 0.3) is 0 Å². The van der Waals surface area contributed by atoms with E-state index in [2.05, 4.69) is 49.7 Å². The largest absolute Gasteiger partial charge is 0.506 e. The van der Waals surface area contributed by atoms with Crippen LogP contribution in [0.3, 0.4) is 0 Å². The molecule has 1 aromatic rings. The first-order valence-corrected chi connectivity index (χ1v) is 8.05. The van der Waals surface area contributed by atoms with Gasteiger partial charge in [0.15, 0.2) is 0 Å². The van der Waals surface area contributed by atoms with Crippen molar-refractivity contribution >= 4 is 15.9 Å². The van der Waals surface area contributed by atoms with Crippen LogP contribution in [0.5, 0.6) is 5.75 Å². The van der Waals surface area contributed by atoms with Crippen molar-refractivity contribution in [2.45, 2.75) is 52.9 Å². The molecule has 0 amide bonds. The molecule has 3 rings (SSSR count). The number of aromatic hydroxyl groups is 1. The van der Waals surface area contributed by atoms with Crippen LogP contribution in [0.15, 0.2) is 16.6 Å². The summed E-state index contributed by atoms with van der Waals surface area (Å²) >= 11 is 3.49. The van der Waals surface area contributed by atoms with Crippen LogP contribution in [-0.2, 0) is 0 Å². The van der Waals surface area contributed by atoms with Crippen molar-refractivity contribution in [3.05, 3.63) is 27.7 Å². The van der Waals surface area contributed by atoms with Crippen molar-refractivity contribution in [1.29, 1.82) is 0 Å². The molecule has 1 nitrogen and oxygen atoms in total. The molecule has 0 spiro atoms. The molecular weight excluding hydrogens is 300 g/mol. The molecule has 0 aliphatic heterocycles. The number of aryl methyl sites for hydroxylation is 1. The maximum Gasteiger partial charge on any atom is 0.133 e. The quantitative estimate of drug-likeness (QED) is 0.734. The van der Waals surface area contributed by atoms with Crippen LogP contribution in [0, 0.1) is 23.7 Å². The first-order chi connectivity index (χ1) is 8.77. The van der Waals surface area contributed by atoms with E-state index in [9.17, 15) is 5.11 Å². The van der Waals surface area contributed by atoms with E-state index in [-0.39, 0.29) is 0 Å². The number of halogens is 1. The van der Waals surface area contributed by atoms with E-state index in [0.717, 1.165) is 16.0 Å². The normalized spacial score (nSPS) is 35.8. The van der Waals surface area contributed by atoms with Gasteiger partial charge in [-0.25, -0.2) is 0 Å². The van der Waals surface area contributed by atoms with Crippen LogP contribution >= 0.6 is 15.9 Å². The van der Waals surface area contributed by atoms with Gasteiger partial charge in [0.2, 0.25) is 0 Å². The van der Waals surface area contributed by atoms with E-state index < -0.39 is 0 Å². The van der Waals surface area contributed by atoms with Gasteiger partial charge in [-0.15, -0.1) is 0 Å². The molecule has 2 heteroatoms. The van der Waals surface area contributed by atoms with Gasteiger partial charge in [-0.2, -0.15) is 0 Å². The van der Waals surface area contributed by atoms with Crippen LogP contribution in [0.4, 0.5) is 0 Å². The SMILES string of the molecule is Cc1cc(Br)c(O)c(C2CC3CCC2(C)C3(C)C)c1. The van der Waals surface area contributed by atoms with E-state index in [1.165, 1.54) is 24.8 Å². The van der Waals surface area contributed by atoms with Crippen LogP contribution in [0.2, 0.25) is 0 Å². The summed E-state index contributed by atoms with van der Waals surface area (Å²) in [5.74, 6) is 1.76. The Labute approximate surface area is 124 Å². The third-order valence-electron chi connectivity index (χ3n) is 6.41. The average molecular weight is 323 g/mol. The molecule has 2 bridgehead atoms. The molecule has 2 aliphatic carbocycles. The third-order valence-corrected chi connectivity index (χ3v) is 7.01. The Balaban J connectivity index is 2.11. The second-order valence-electron chi connectivity index (χ2n) is 7.35. The van der Waals surface area contributed by atoms with Gasteiger partial charge in [0.1, 0.15) is 5.75 Å². The minimum atomic E-state index is 0.322. The number of phenols is 1. The molecule has 3 unspecified atom stereocenters. The van der Waals surface area contributed by atoms with Crippen molar-refractivity contribution in [1.82, 2.24) is 0 Å². The van der Waals surface area contributed by atoms with Gasteiger partial charge in [-0.05, 0) is 82.0 Å².